The predicted octanol–water partition coefficient (Wildman–Crippen LogP) is 3.74. The van der Waals surface area contributed by atoms with E-state index in [1.807, 2.05) is 30.3 Å². The molecule has 0 aliphatic rings. The van der Waals surface area contributed by atoms with Gasteiger partial charge in [-0.05, 0) is 31.0 Å². The Hall–Kier alpha value is -2.49. The molecule has 0 aliphatic carbocycles. The zero-order chi connectivity index (χ0) is 15.7. The maximum absolute atomic E-state index is 10.6. The van der Waals surface area contributed by atoms with E-state index < -0.39 is 6.03 Å². The summed E-state index contributed by atoms with van der Waals surface area (Å²) in [5.41, 5.74) is 8.08. The van der Waals surface area contributed by atoms with Gasteiger partial charge in [0.05, 0.1) is 12.8 Å². The summed E-state index contributed by atoms with van der Waals surface area (Å²) < 4.78 is 5.12. The lowest BCUT2D eigenvalue weighted by molar-refractivity contribution is 0.259. The molecule has 0 aromatic heterocycles. The number of carbonyl (C=O) groups excluding carboxylic acids is 1. The highest BCUT2D eigenvalue weighted by Gasteiger charge is 2.04. The van der Waals surface area contributed by atoms with Crippen molar-refractivity contribution in [2.24, 2.45) is 5.73 Å². The molecule has 0 fully saturated rings. The van der Waals surface area contributed by atoms with Gasteiger partial charge in [0.2, 0.25) is 0 Å². The largest absolute Gasteiger partial charge is 0.495 e. The molecule has 21 heavy (non-hydrogen) atoms. The van der Waals surface area contributed by atoms with Gasteiger partial charge in [-0.1, -0.05) is 48.9 Å². The van der Waals surface area contributed by atoms with Crippen molar-refractivity contribution in [2.75, 3.05) is 12.4 Å². The Labute approximate surface area is 125 Å². The molecule has 0 atom stereocenters. The van der Waals surface area contributed by atoms with Crippen molar-refractivity contribution in [3.8, 4) is 5.75 Å². The van der Waals surface area contributed by atoms with Crippen molar-refractivity contribution >= 4 is 11.7 Å². The summed E-state index contributed by atoms with van der Waals surface area (Å²) in [7, 11) is 1.56. The van der Waals surface area contributed by atoms with Gasteiger partial charge in [-0.25, -0.2) is 4.79 Å². The van der Waals surface area contributed by atoms with Crippen molar-refractivity contribution in [1.29, 1.82) is 0 Å². The number of ether oxygens (including phenoxy) is 1. The Morgan fingerprint density at radius 1 is 1.19 bits per heavy atom. The van der Waals surface area contributed by atoms with Gasteiger partial charge >= 0.3 is 6.03 Å². The number of hydrogen-bond acceptors (Lipinski definition) is 2. The number of primary amides is 1. The lowest BCUT2D eigenvalue weighted by Gasteiger charge is -2.09. The molecule has 0 radical (unpaired) electrons. The number of nitrogens with two attached hydrogens (primary N) is 1. The average Bonchev–Trinajstić information content (AvgIpc) is 2.48. The third kappa shape index (κ3) is 5.99. The lowest BCUT2D eigenvalue weighted by atomic mass is 10.1. The highest BCUT2D eigenvalue weighted by Crippen LogP contribution is 2.25. The molecule has 2 aromatic carbocycles. The van der Waals surface area contributed by atoms with Gasteiger partial charge < -0.3 is 15.8 Å². The van der Waals surface area contributed by atoms with Crippen LogP contribution in [0.15, 0.2) is 48.5 Å². The summed E-state index contributed by atoms with van der Waals surface area (Å²) >= 11 is 0. The van der Waals surface area contributed by atoms with E-state index in [1.165, 1.54) is 5.56 Å². The second-order valence-corrected chi connectivity index (χ2v) is 4.53. The van der Waals surface area contributed by atoms with Gasteiger partial charge in [0.15, 0.2) is 0 Å². The number of amides is 2. The average molecular weight is 286 g/mol. The van der Waals surface area contributed by atoms with Gasteiger partial charge in [0.25, 0.3) is 0 Å². The van der Waals surface area contributed by atoms with Crippen LogP contribution in [0, 0.1) is 6.92 Å². The quantitative estimate of drug-likeness (QED) is 0.902. The van der Waals surface area contributed by atoms with Crippen LogP contribution in [0.2, 0.25) is 0 Å². The number of rotatable bonds is 3. The molecule has 0 saturated heterocycles. The van der Waals surface area contributed by atoms with Crippen LogP contribution in [-0.2, 0) is 6.42 Å². The van der Waals surface area contributed by atoms with Gasteiger partial charge in [-0.2, -0.15) is 0 Å². The molecule has 0 spiro atoms. The first-order valence-corrected chi connectivity index (χ1v) is 6.81. The molecule has 0 saturated carbocycles. The number of carbonyl (C=O) groups is 1. The van der Waals surface area contributed by atoms with Crippen molar-refractivity contribution in [1.82, 2.24) is 0 Å². The minimum atomic E-state index is -0.590. The Morgan fingerprint density at radius 3 is 2.29 bits per heavy atom. The Kier molecular flexibility index (Phi) is 6.81. The monoisotopic (exact) mass is 286 g/mol. The third-order valence-corrected chi connectivity index (χ3v) is 2.87. The number of anilines is 1. The fourth-order valence-corrected chi connectivity index (χ4v) is 1.73. The van der Waals surface area contributed by atoms with E-state index in [2.05, 4.69) is 31.3 Å². The normalized spacial score (nSPS) is 9.29. The molecule has 0 bridgehead atoms. The maximum atomic E-state index is 10.6. The van der Waals surface area contributed by atoms with Crippen molar-refractivity contribution < 1.29 is 9.53 Å². The van der Waals surface area contributed by atoms with Crippen molar-refractivity contribution in [2.45, 2.75) is 20.3 Å². The molecule has 4 heteroatoms. The van der Waals surface area contributed by atoms with Crippen LogP contribution in [0.25, 0.3) is 0 Å². The first-order chi connectivity index (χ1) is 10.1. The van der Waals surface area contributed by atoms with Gasteiger partial charge in [-0.3, -0.25) is 0 Å². The molecule has 3 N–H and O–H groups in total. The topological polar surface area (TPSA) is 64.3 Å². The first-order valence-electron chi connectivity index (χ1n) is 6.81. The van der Waals surface area contributed by atoms with E-state index in [1.54, 1.807) is 13.2 Å². The fourth-order valence-electron chi connectivity index (χ4n) is 1.73. The molecule has 2 rings (SSSR count). The Morgan fingerprint density at radius 2 is 1.86 bits per heavy atom. The summed E-state index contributed by atoms with van der Waals surface area (Å²) in [6, 6.07) is 15.3. The summed E-state index contributed by atoms with van der Waals surface area (Å²) in [6.45, 7) is 4.13. The van der Waals surface area contributed by atoms with E-state index in [4.69, 9.17) is 10.5 Å². The van der Waals surface area contributed by atoms with Crippen LogP contribution in [0.3, 0.4) is 0 Å². The van der Waals surface area contributed by atoms with E-state index >= 15 is 0 Å². The number of aryl methyl sites for hydroxylation is 2. The second-order valence-electron chi connectivity index (χ2n) is 4.53. The fraction of sp³-hybridized carbons (Fsp3) is 0.235. The van der Waals surface area contributed by atoms with E-state index in [-0.39, 0.29) is 0 Å². The van der Waals surface area contributed by atoms with Crippen LogP contribution in [0.1, 0.15) is 18.1 Å². The molecule has 0 unspecified atom stereocenters. The van der Waals surface area contributed by atoms with Gasteiger partial charge in [0, 0.05) is 0 Å². The summed E-state index contributed by atoms with van der Waals surface area (Å²) in [4.78, 5) is 10.6. The van der Waals surface area contributed by atoms with Crippen molar-refractivity contribution in [3.63, 3.8) is 0 Å². The Balaban J connectivity index is 0.000000262. The molecule has 0 aliphatic heterocycles. The summed E-state index contributed by atoms with van der Waals surface area (Å²) in [5.74, 6) is 0.628. The minimum Gasteiger partial charge on any atom is -0.495 e. The van der Waals surface area contributed by atoms with Gasteiger partial charge in [0.1, 0.15) is 5.75 Å². The van der Waals surface area contributed by atoms with Crippen LogP contribution >= 0.6 is 0 Å². The molecular formula is C17H22N2O2. The first kappa shape index (κ1) is 16.6. The molecular weight excluding hydrogens is 264 g/mol. The number of hydrogen-bond donors (Lipinski definition) is 2. The highest BCUT2D eigenvalue weighted by atomic mass is 16.5. The molecule has 4 nitrogen and oxygen atoms in total. The van der Waals surface area contributed by atoms with Crippen LogP contribution in [0.5, 0.6) is 5.75 Å². The van der Waals surface area contributed by atoms with E-state index in [0.717, 1.165) is 12.0 Å². The predicted molar refractivity (Wildman–Crippen MR) is 86.8 cm³/mol. The number of methoxy groups -OCH3 is 1. The lowest BCUT2D eigenvalue weighted by Crippen LogP contribution is -2.19. The summed E-state index contributed by atoms with van der Waals surface area (Å²) in [5, 5.41) is 2.49. The zero-order valence-electron chi connectivity index (χ0n) is 12.7. The molecule has 2 aromatic rings. The van der Waals surface area contributed by atoms with Gasteiger partial charge in [-0.15, -0.1) is 0 Å². The van der Waals surface area contributed by atoms with Crippen molar-refractivity contribution in [3.05, 3.63) is 59.7 Å². The number of benzene rings is 2. The minimum absolute atomic E-state index is 0.590. The standard InChI is InChI=1S/C10H14N2O2.C7H8/c1-3-7-4-5-8(12-10(11)13)9(6-7)14-2;1-7-5-3-2-4-6-7/h4-6H,3H2,1-2H3,(H3,11,12,13);2-6H,1H3. The molecule has 112 valence electrons. The SMILES string of the molecule is CCc1ccc(NC(N)=O)c(OC)c1.Cc1ccccc1. The summed E-state index contributed by atoms with van der Waals surface area (Å²) in [6.07, 6.45) is 0.924. The number of urea groups is 1. The maximum Gasteiger partial charge on any atom is 0.316 e. The molecule has 2 amide bonds. The zero-order valence-corrected chi connectivity index (χ0v) is 12.7. The molecule has 0 heterocycles. The Bertz CT molecular complexity index is 568. The third-order valence-electron chi connectivity index (χ3n) is 2.87. The second kappa shape index (κ2) is 8.64. The van der Waals surface area contributed by atoms with E-state index in [9.17, 15) is 4.79 Å². The van der Waals surface area contributed by atoms with E-state index in [0.29, 0.717) is 11.4 Å². The number of nitrogens with one attached hydrogen (secondary N) is 1. The highest BCUT2D eigenvalue weighted by molar-refractivity contribution is 5.89. The van der Waals surface area contributed by atoms with Crippen LogP contribution in [0.4, 0.5) is 10.5 Å². The van der Waals surface area contributed by atoms with Crippen LogP contribution < -0.4 is 15.8 Å². The smallest absolute Gasteiger partial charge is 0.316 e. The van der Waals surface area contributed by atoms with Crippen LogP contribution in [-0.4, -0.2) is 13.1 Å².